The van der Waals surface area contributed by atoms with Gasteiger partial charge in [-0.1, -0.05) is 19.1 Å². The molecule has 0 unspecified atom stereocenters. The Morgan fingerprint density at radius 1 is 1.07 bits per heavy atom. The lowest BCUT2D eigenvalue weighted by molar-refractivity contribution is -0.120. The molecule has 1 heterocycles. The lowest BCUT2D eigenvalue weighted by atomic mass is 10.1. The Labute approximate surface area is 181 Å². The van der Waals surface area contributed by atoms with E-state index in [9.17, 15) is 14.4 Å². The summed E-state index contributed by atoms with van der Waals surface area (Å²) in [6.07, 6.45) is 0.930. The van der Waals surface area contributed by atoms with Crippen molar-refractivity contribution < 1.29 is 14.4 Å². The monoisotopic (exact) mass is 425 g/mol. The predicted octanol–water partition coefficient (Wildman–Crippen LogP) is 3.81. The first-order valence-electron chi connectivity index (χ1n) is 10.2. The van der Waals surface area contributed by atoms with Gasteiger partial charge in [0.1, 0.15) is 6.54 Å². The molecule has 6 nitrogen and oxygen atoms in total. The Kier molecular flexibility index (Phi) is 7.15. The minimum atomic E-state index is -0.272. The van der Waals surface area contributed by atoms with E-state index < -0.39 is 0 Å². The molecule has 0 saturated heterocycles. The molecule has 0 atom stereocenters. The van der Waals surface area contributed by atoms with Gasteiger partial charge in [-0.2, -0.15) is 0 Å². The maximum Gasteiger partial charge on any atom is 0.253 e. The van der Waals surface area contributed by atoms with E-state index in [1.54, 1.807) is 17.0 Å². The van der Waals surface area contributed by atoms with Crippen LogP contribution in [0.2, 0.25) is 0 Å². The van der Waals surface area contributed by atoms with E-state index in [2.05, 4.69) is 12.2 Å². The third-order valence-corrected chi connectivity index (χ3v) is 6.19. The number of nitrogens with one attached hydrogen (secondary N) is 1. The zero-order chi connectivity index (χ0) is 21.7. The molecule has 30 heavy (non-hydrogen) atoms. The summed E-state index contributed by atoms with van der Waals surface area (Å²) in [7, 11) is 0. The Bertz CT molecular complexity index is 939. The van der Waals surface area contributed by atoms with E-state index in [0.717, 1.165) is 11.3 Å². The zero-order valence-corrected chi connectivity index (χ0v) is 18.4. The fraction of sp³-hybridized carbons (Fsp3) is 0.348. The van der Waals surface area contributed by atoms with Crippen LogP contribution in [-0.2, 0) is 16.0 Å². The van der Waals surface area contributed by atoms with Gasteiger partial charge in [-0.3, -0.25) is 14.4 Å². The number of amides is 3. The molecular weight excluding hydrogens is 398 g/mol. The second-order valence-corrected chi connectivity index (χ2v) is 8.04. The van der Waals surface area contributed by atoms with Crippen molar-refractivity contribution in [2.75, 3.05) is 35.6 Å². The van der Waals surface area contributed by atoms with Crippen molar-refractivity contribution in [3.63, 3.8) is 0 Å². The highest BCUT2D eigenvalue weighted by molar-refractivity contribution is 8.00. The van der Waals surface area contributed by atoms with Crippen LogP contribution in [0.4, 0.5) is 11.4 Å². The number of rotatable bonds is 7. The number of aryl methyl sites for hydroxylation is 1. The van der Waals surface area contributed by atoms with Gasteiger partial charge in [0.15, 0.2) is 0 Å². The van der Waals surface area contributed by atoms with Crippen LogP contribution >= 0.6 is 11.8 Å². The van der Waals surface area contributed by atoms with Gasteiger partial charge in [-0.25, -0.2) is 0 Å². The van der Waals surface area contributed by atoms with E-state index in [1.807, 2.05) is 44.2 Å². The number of carbonyl (C=O) groups excluding carboxylic acids is 3. The summed E-state index contributed by atoms with van der Waals surface area (Å²) in [5, 5.41) is 2.85. The predicted molar refractivity (Wildman–Crippen MR) is 121 cm³/mol. The Balaban J connectivity index is 1.80. The molecule has 0 aliphatic carbocycles. The molecule has 3 rings (SSSR count). The summed E-state index contributed by atoms with van der Waals surface area (Å²) in [4.78, 5) is 42.0. The molecule has 2 aromatic rings. The molecule has 158 valence electrons. The SMILES string of the molecule is CCc1ccc(NC(=O)CN2C(=O)CSc3ccc(C(=O)N(CC)CC)cc32)cc1. The largest absolute Gasteiger partial charge is 0.339 e. The van der Waals surface area contributed by atoms with E-state index in [4.69, 9.17) is 0 Å². The van der Waals surface area contributed by atoms with Crippen LogP contribution in [0.25, 0.3) is 0 Å². The van der Waals surface area contributed by atoms with Crippen molar-refractivity contribution in [3.05, 3.63) is 53.6 Å². The maximum atomic E-state index is 12.7. The molecule has 0 bridgehead atoms. The third kappa shape index (κ3) is 4.84. The minimum absolute atomic E-state index is 0.0776. The van der Waals surface area contributed by atoms with E-state index in [0.29, 0.717) is 30.0 Å². The van der Waals surface area contributed by atoms with Gasteiger partial charge in [0.05, 0.1) is 11.4 Å². The van der Waals surface area contributed by atoms with Crippen LogP contribution in [0.3, 0.4) is 0 Å². The van der Waals surface area contributed by atoms with E-state index in [1.165, 1.54) is 22.2 Å². The normalized spacial score (nSPS) is 13.0. The van der Waals surface area contributed by atoms with Crippen LogP contribution in [0, 0.1) is 0 Å². The van der Waals surface area contributed by atoms with Crippen molar-refractivity contribution in [1.82, 2.24) is 4.90 Å². The summed E-state index contributed by atoms with van der Waals surface area (Å²) >= 11 is 1.43. The standard InChI is InChI=1S/C23H27N3O3S/c1-4-16-7-10-18(11-8-16)24-21(27)14-26-19-13-17(23(29)25(5-2)6-3)9-12-20(19)30-15-22(26)28/h7-13H,4-6,14-15H2,1-3H3,(H,24,27). The summed E-state index contributed by atoms with van der Waals surface area (Å²) in [6.45, 7) is 7.08. The average molecular weight is 426 g/mol. The lowest BCUT2D eigenvalue weighted by Crippen LogP contribution is -2.41. The average Bonchev–Trinajstić information content (AvgIpc) is 2.76. The van der Waals surface area contributed by atoms with Gasteiger partial charge in [0, 0.05) is 29.2 Å². The Hall–Kier alpha value is -2.80. The molecule has 3 amide bonds. The van der Waals surface area contributed by atoms with Gasteiger partial charge >= 0.3 is 0 Å². The van der Waals surface area contributed by atoms with Crippen LogP contribution < -0.4 is 10.2 Å². The molecule has 0 aromatic heterocycles. The fourth-order valence-electron chi connectivity index (χ4n) is 3.37. The Morgan fingerprint density at radius 3 is 2.40 bits per heavy atom. The highest BCUT2D eigenvalue weighted by atomic mass is 32.2. The molecule has 1 aliphatic rings. The summed E-state index contributed by atoms with van der Waals surface area (Å²) in [5.74, 6) is -0.219. The number of thioether (sulfide) groups is 1. The van der Waals surface area contributed by atoms with Crippen molar-refractivity contribution >= 4 is 40.9 Å². The first-order chi connectivity index (χ1) is 14.5. The zero-order valence-electron chi connectivity index (χ0n) is 17.6. The summed E-state index contributed by atoms with van der Waals surface area (Å²) in [6, 6.07) is 13.0. The van der Waals surface area contributed by atoms with Crippen LogP contribution in [-0.4, -0.2) is 48.0 Å². The summed E-state index contributed by atoms with van der Waals surface area (Å²) < 4.78 is 0. The topological polar surface area (TPSA) is 69.7 Å². The number of hydrogen-bond acceptors (Lipinski definition) is 4. The number of anilines is 2. The van der Waals surface area contributed by atoms with Gasteiger partial charge in [-0.15, -0.1) is 11.8 Å². The van der Waals surface area contributed by atoms with Crippen molar-refractivity contribution in [3.8, 4) is 0 Å². The highest BCUT2D eigenvalue weighted by Gasteiger charge is 2.28. The highest BCUT2D eigenvalue weighted by Crippen LogP contribution is 2.36. The number of nitrogens with zero attached hydrogens (tertiary/aromatic N) is 2. The molecule has 0 fully saturated rings. The first kappa shape index (κ1) is 21.9. The van der Waals surface area contributed by atoms with Gasteiger partial charge < -0.3 is 15.1 Å². The van der Waals surface area contributed by atoms with Crippen LogP contribution in [0.1, 0.15) is 36.7 Å². The number of carbonyl (C=O) groups is 3. The molecule has 7 heteroatoms. The molecule has 0 spiro atoms. The number of hydrogen-bond donors (Lipinski definition) is 1. The molecular formula is C23H27N3O3S. The van der Waals surface area contributed by atoms with Gasteiger partial charge in [-0.05, 0) is 56.2 Å². The maximum absolute atomic E-state index is 12.7. The molecule has 1 N–H and O–H groups in total. The van der Waals surface area contributed by atoms with Gasteiger partial charge in [0.2, 0.25) is 11.8 Å². The van der Waals surface area contributed by atoms with Crippen molar-refractivity contribution in [2.45, 2.75) is 32.1 Å². The van der Waals surface area contributed by atoms with Crippen molar-refractivity contribution in [1.29, 1.82) is 0 Å². The molecule has 0 saturated carbocycles. The van der Waals surface area contributed by atoms with Gasteiger partial charge in [0.25, 0.3) is 5.91 Å². The molecule has 2 aromatic carbocycles. The molecule has 1 aliphatic heterocycles. The van der Waals surface area contributed by atoms with Crippen molar-refractivity contribution in [2.24, 2.45) is 0 Å². The lowest BCUT2D eigenvalue weighted by Gasteiger charge is -2.29. The number of fused-ring (bicyclic) bond motifs is 1. The smallest absolute Gasteiger partial charge is 0.253 e. The van der Waals surface area contributed by atoms with Crippen LogP contribution in [0.15, 0.2) is 47.4 Å². The molecule has 0 radical (unpaired) electrons. The second kappa shape index (κ2) is 9.80. The summed E-state index contributed by atoms with van der Waals surface area (Å²) in [5.41, 5.74) is 3.02. The minimum Gasteiger partial charge on any atom is -0.339 e. The first-order valence-corrected chi connectivity index (χ1v) is 11.2. The second-order valence-electron chi connectivity index (χ2n) is 7.03. The fourth-order valence-corrected chi connectivity index (χ4v) is 4.29. The van der Waals surface area contributed by atoms with Crippen LogP contribution in [0.5, 0.6) is 0 Å². The Morgan fingerprint density at radius 2 is 1.77 bits per heavy atom. The number of benzene rings is 2. The quantitative estimate of drug-likeness (QED) is 0.732. The van der Waals surface area contributed by atoms with E-state index in [-0.39, 0.29) is 30.0 Å². The van der Waals surface area contributed by atoms with E-state index >= 15 is 0 Å². The third-order valence-electron chi connectivity index (χ3n) is 5.15.